The van der Waals surface area contributed by atoms with Gasteiger partial charge in [0.15, 0.2) is 0 Å². The van der Waals surface area contributed by atoms with Gasteiger partial charge in [-0.05, 0) is 56.7 Å². The van der Waals surface area contributed by atoms with Crippen LogP contribution in [-0.4, -0.2) is 24.1 Å². The lowest BCUT2D eigenvalue weighted by Gasteiger charge is -2.24. The van der Waals surface area contributed by atoms with Crippen LogP contribution >= 0.6 is 0 Å². The van der Waals surface area contributed by atoms with Gasteiger partial charge in [0, 0.05) is 24.8 Å². The van der Waals surface area contributed by atoms with E-state index in [9.17, 15) is 0 Å². The molecule has 0 unspecified atom stereocenters. The molecule has 0 bridgehead atoms. The Balaban J connectivity index is 1.73. The second kappa shape index (κ2) is 5.49. The average molecular weight is 259 g/mol. The standard InChI is InChI=1S/C16H25N3/c1-3-17-10-14-6-9-16(18-12(14)2)19(15-7-8-15)11-13-4-5-13/h6,9,13,15,17H,3-5,7-8,10-11H2,1-2H3. The van der Waals surface area contributed by atoms with Crippen molar-refractivity contribution in [1.82, 2.24) is 10.3 Å². The minimum Gasteiger partial charge on any atom is -0.353 e. The first-order valence-corrected chi connectivity index (χ1v) is 7.71. The molecule has 19 heavy (non-hydrogen) atoms. The fourth-order valence-electron chi connectivity index (χ4n) is 2.58. The first-order chi connectivity index (χ1) is 9.28. The largest absolute Gasteiger partial charge is 0.353 e. The van der Waals surface area contributed by atoms with Crippen molar-refractivity contribution >= 4 is 5.82 Å². The van der Waals surface area contributed by atoms with Crippen LogP contribution in [0.2, 0.25) is 0 Å². The van der Waals surface area contributed by atoms with Crippen molar-refractivity contribution in [2.24, 2.45) is 5.92 Å². The lowest BCUT2D eigenvalue weighted by molar-refractivity contribution is 0.699. The molecule has 2 fully saturated rings. The fourth-order valence-corrected chi connectivity index (χ4v) is 2.58. The molecule has 1 N–H and O–H groups in total. The minimum atomic E-state index is 0.770. The van der Waals surface area contributed by atoms with Crippen LogP contribution in [0.1, 0.15) is 43.9 Å². The van der Waals surface area contributed by atoms with Gasteiger partial charge in [-0.15, -0.1) is 0 Å². The summed E-state index contributed by atoms with van der Waals surface area (Å²) in [7, 11) is 0. The number of anilines is 1. The molecule has 1 aromatic rings. The van der Waals surface area contributed by atoms with E-state index in [1.54, 1.807) is 0 Å². The molecule has 0 spiro atoms. The highest BCUT2D eigenvalue weighted by Gasteiger charge is 2.34. The molecule has 0 aliphatic heterocycles. The predicted octanol–water partition coefficient (Wildman–Crippen LogP) is 2.88. The summed E-state index contributed by atoms with van der Waals surface area (Å²) in [5.41, 5.74) is 2.51. The number of pyridine rings is 1. The predicted molar refractivity (Wildman–Crippen MR) is 79.4 cm³/mol. The van der Waals surface area contributed by atoms with Crippen molar-refractivity contribution < 1.29 is 0 Å². The van der Waals surface area contributed by atoms with Gasteiger partial charge >= 0.3 is 0 Å². The summed E-state index contributed by atoms with van der Waals surface area (Å²) in [5.74, 6) is 2.14. The van der Waals surface area contributed by atoms with Gasteiger partial charge in [0.1, 0.15) is 5.82 Å². The third kappa shape index (κ3) is 3.27. The summed E-state index contributed by atoms with van der Waals surface area (Å²) < 4.78 is 0. The highest BCUT2D eigenvalue weighted by molar-refractivity contribution is 5.44. The van der Waals surface area contributed by atoms with Gasteiger partial charge in [-0.25, -0.2) is 4.98 Å². The number of rotatable bonds is 7. The molecule has 2 aliphatic carbocycles. The van der Waals surface area contributed by atoms with Gasteiger partial charge in [-0.1, -0.05) is 13.0 Å². The maximum Gasteiger partial charge on any atom is 0.129 e. The van der Waals surface area contributed by atoms with E-state index < -0.39 is 0 Å². The summed E-state index contributed by atoms with van der Waals surface area (Å²) in [6.07, 6.45) is 5.54. The van der Waals surface area contributed by atoms with Crippen LogP contribution in [0.5, 0.6) is 0 Å². The lowest BCUT2D eigenvalue weighted by atomic mass is 10.2. The van der Waals surface area contributed by atoms with Crippen LogP contribution in [0.25, 0.3) is 0 Å². The maximum absolute atomic E-state index is 4.85. The molecule has 1 heterocycles. The maximum atomic E-state index is 4.85. The quantitative estimate of drug-likeness (QED) is 0.816. The molecule has 3 rings (SSSR count). The van der Waals surface area contributed by atoms with E-state index in [0.29, 0.717) is 0 Å². The normalized spacial score (nSPS) is 18.6. The lowest BCUT2D eigenvalue weighted by Crippen LogP contribution is -2.29. The zero-order valence-electron chi connectivity index (χ0n) is 12.2. The molecule has 3 nitrogen and oxygen atoms in total. The Morgan fingerprint density at radius 1 is 1.26 bits per heavy atom. The van der Waals surface area contributed by atoms with E-state index in [0.717, 1.165) is 25.0 Å². The van der Waals surface area contributed by atoms with Gasteiger partial charge in [0.05, 0.1) is 0 Å². The Morgan fingerprint density at radius 3 is 2.63 bits per heavy atom. The van der Waals surface area contributed by atoms with Crippen molar-refractivity contribution in [3.8, 4) is 0 Å². The zero-order valence-corrected chi connectivity index (χ0v) is 12.2. The molecule has 0 saturated heterocycles. The van der Waals surface area contributed by atoms with Crippen LogP contribution in [0.3, 0.4) is 0 Å². The topological polar surface area (TPSA) is 28.2 Å². The Kier molecular flexibility index (Phi) is 3.74. The van der Waals surface area contributed by atoms with Crippen molar-refractivity contribution in [3.63, 3.8) is 0 Å². The van der Waals surface area contributed by atoms with Crippen LogP contribution in [-0.2, 0) is 6.54 Å². The number of nitrogens with one attached hydrogen (secondary N) is 1. The van der Waals surface area contributed by atoms with Gasteiger partial charge in [-0.3, -0.25) is 0 Å². The van der Waals surface area contributed by atoms with Gasteiger partial charge < -0.3 is 10.2 Å². The average Bonchev–Trinajstić information content (AvgIpc) is 3.27. The van der Waals surface area contributed by atoms with Crippen molar-refractivity contribution in [3.05, 3.63) is 23.4 Å². The molecular weight excluding hydrogens is 234 g/mol. The van der Waals surface area contributed by atoms with Gasteiger partial charge in [0.25, 0.3) is 0 Å². The number of hydrogen-bond acceptors (Lipinski definition) is 3. The first-order valence-electron chi connectivity index (χ1n) is 7.71. The van der Waals surface area contributed by atoms with E-state index in [1.807, 2.05) is 0 Å². The van der Waals surface area contributed by atoms with Gasteiger partial charge in [0.2, 0.25) is 0 Å². The number of nitrogens with zero attached hydrogens (tertiary/aromatic N) is 2. The third-order valence-electron chi connectivity index (χ3n) is 4.18. The molecule has 0 amide bonds. The van der Waals surface area contributed by atoms with E-state index in [-0.39, 0.29) is 0 Å². The zero-order chi connectivity index (χ0) is 13.2. The molecule has 3 heteroatoms. The molecule has 0 atom stereocenters. The number of aryl methyl sites for hydroxylation is 1. The second-order valence-electron chi connectivity index (χ2n) is 6.02. The molecule has 2 aliphatic rings. The summed E-state index contributed by atoms with van der Waals surface area (Å²) in [6.45, 7) is 7.45. The van der Waals surface area contributed by atoms with Gasteiger partial charge in [-0.2, -0.15) is 0 Å². The van der Waals surface area contributed by atoms with Crippen LogP contribution in [0.4, 0.5) is 5.82 Å². The first kappa shape index (κ1) is 12.9. The molecule has 0 radical (unpaired) electrons. The summed E-state index contributed by atoms with van der Waals surface area (Å²) in [6, 6.07) is 5.25. The van der Waals surface area contributed by atoms with E-state index in [1.165, 1.54) is 49.3 Å². The monoisotopic (exact) mass is 259 g/mol. The van der Waals surface area contributed by atoms with Crippen LogP contribution in [0, 0.1) is 12.8 Å². The minimum absolute atomic E-state index is 0.770. The third-order valence-corrected chi connectivity index (χ3v) is 4.18. The molecule has 0 aromatic carbocycles. The molecule has 104 valence electrons. The number of hydrogen-bond donors (Lipinski definition) is 1. The Hall–Kier alpha value is -1.09. The van der Waals surface area contributed by atoms with Crippen LogP contribution in [0.15, 0.2) is 12.1 Å². The smallest absolute Gasteiger partial charge is 0.129 e. The summed E-state index contributed by atoms with van der Waals surface area (Å²) >= 11 is 0. The Labute approximate surface area is 116 Å². The molecule has 1 aromatic heterocycles. The highest BCUT2D eigenvalue weighted by atomic mass is 15.2. The molecular formula is C16H25N3. The van der Waals surface area contributed by atoms with Crippen LogP contribution < -0.4 is 10.2 Å². The Bertz CT molecular complexity index is 436. The highest BCUT2D eigenvalue weighted by Crippen LogP contribution is 2.37. The van der Waals surface area contributed by atoms with E-state index in [4.69, 9.17) is 4.98 Å². The summed E-state index contributed by atoms with van der Waals surface area (Å²) in [4.78, 5) is 7.41. The van der Waals surface area contributed by atoms with Crippen molar-refractivity contribution in [2.75, 3.05) is 18.0 Å². The fraction of sp³-hybridized carbons (Fsp3) is 0.688. The van der Waals surface area contributed by atoms with Crippen molar-refractivity contribution in [1.29, 1.82) is 0 Å². The van der Waals surface area contributed by atoms with E-state index >= 15 is 0 Å². The van der Waals surface area contributed by atoms with E-state index in [2.05, 4.69) is 36.2 Å². The SMILES string of the molecule is CCNCc1ccc(N(CC2CC2)C2CC2)nc1C. The molecule has 2 saturated carbocycles. The number of aromatic nitrogens is 1. The Morgan fingerprint density at radius 2 is 2.05 bits per heavy atom. The summed E-state index contributed by atoms with van der Waals surface area (Å²) in [5, 5.41) is 3.38. The second-order valence-corrected chi connectivity index (χ2v) is 6.02. The van der Waals surface area contributed by atoms with Crippen molar-refractivity contribution in [2.45, 2.75) is 52.1 Å².